The van der Waals surface area contributed by atoms with E-state index in [-0.39, 0.29) is 11.8 Å². The summed E-state index contributed by atoms with van der Waals surface area (Å²) >= 11 is 0. The molecule has 27 heavy (non-hydrogen) atoms. The van der Waals surface area contributed by atoms with Crippen LogP contribution < -0.4 is 16.0 Å². The average Bonchev–Trinajstić information content (AvgIpc) is 3.49. The quantitative estimate of drug-likeness (QED) is 0.552. The van der Waals surface area contributed by atoms with Crippen LogP contribution in [0.15, 0.2) is 24.3 Å². The zero-order valence-corrected chi connectivity index (χ0v) is 16.1. The van der Waals surface area contributed by atoms with Crippen molar-refractivity contribution in [1.29, 1.82) is 0 Å². The van der Waals surface area contributed by atoms with E-state index >= 15 is 0 Å². The van der Waals surface area contributed by atoms with Gasteiger partial charge in [0.1, 0.15) is 0 Å². The molecule has 1 aromatic carbocycles. The number of anilines is 2. The summed E-state index contributed by atoms with van der Waals surface area (Å²) in [6.07, 6.45) is 7.37. The molecular formula is C21H32N4O2. The lowest BCUT2D eigenvalue weighted by Gasteiger charge is -2.25. The minimum absolute atomic E-state index is 0.00753. The summed E-state index contributed by atoms with van der Waals surface area (Å²) in [5.41, 5.74) is 1.44. The number of piperidine rings is 1. The first-order chi connectivity index (χ1) is 13.2. The Labute approximate surface area is 162 Å². The largest absolute Gasteiger partial charge is 0.326 e. The van der Waals surface area contributed by atoms with Crippen LogP contribution in [0.1, 0.15) is 44.9 Å². The molecule has 0 unspecified atom stereocenters. The lowest BCUT2D eigenvalue weighted by molar-refractivity contribution is -0.117. The fourth-order valence-corrected chi connectivity index (χ4v) is 3.39. The maximum absolute atomic E-state index is 12.2. The molecule has 3 N–H and O–H groups in total. The Balaban J connectivity index is 1.36. The molecule has 148 valence electrons. The summed E-state index contributed by atoms with van der Waals surface area (Å²) in [5, 5.41) is 9.16. The van der Waals surface area contributed by atoms with Crippen LogP contribution in [0, 0.1) is 5.92 Å². The van der Waals surface area contributed by atoms with Crippen LogP contribution in [0.2, 0.25) is 0 Å². The molecule has 3 rings (SSSR count). The first kappa shape index (κ1) is 19.8. The molecule has 1 aliphatic carbocycles. The van der Waals surface area contributed by atoms with E-state index in [1.165, 1.54) is 32.1 Å². The molecule has 0 bridgehead atoms. The van der Waals surface area contributed by atoms with Gasteiger partial charge in [0.2, 0.25) is 11.8 Å². The number of nitrogens with zero attached hydrogens (tertiary/aromatic N) is 1. The van der Waals surface area contributed by atoms with Gasteiger partial charge in [-0.1, -0.05) is 12.5 Å². The van der Waals surface area contributed by atoms with Gasteiger partial charge in [0.15, 0.2) is 0 Å². The topological polar surface area (TPSA) is 73.5 Å². The standard InChI is InChI=1S/C21H32N4O2/c26-20(9-11-22-16-17-7-8-17)23-18-5-4-6-19(15-18)24-21(27)10-14-25-12-2-1-3-13-25/h4-6,15,17,22H,1-3,7-14,16H2,(H,23,26)(H,24,27). The molecule has 1 aromatic rings. The third kappa shape index (κ3) is 7.69. The Morgan fingerprint density at radius 3 is 2.30 bits per heavy atom. The Kier molecular flexibility index (Phi) is 7.66. The molecule has 0 aromatic heterocycles. The molecular weight excluding hydrogens is 340 g/mol. The predicted molar refractivity (Wildman–Crippen MR) is 109 cm³/mol. The van der Waals surface area contributed by atoms with Gasteiger partial charge in [0.25, 0.3) is 0 Å². The Hall–Kier alpha value is -1.92. The number of rotatable bonds is 10. The number of nitrogens with one attached hydrogen (secondary N) is 3. The van der Waals surface area contributed by atoms with Crippen LogP contribution in [0.25, 0.3) is 0 Å². The van der Waals surface area contributed by atoms with Crippen molar-refractivity contribution in [3.8, 4) is 0 Å². The van der Waals surface area contributed by atoms with Crippen LogP contribution in [0.3, 0.4) is 0 Å². The first-order valence-corrected chi connectivity index (χ1v) is 10.3. The second-order valence-corrected chi connectivity index (χ2v) is 7.73. The minimum Gasteiger partial charge on any atom is -0.326 e. The van der Waals surface area contributed by atoms with Crippen LogP contribution >= 0.6 is 0 Å². The smallest absolute Gasteiger partial charge is 0.225 e. The van der Waals surface area contributed by atoms with Gasteiger partial charge in [-0.2, -0.15) is 0 Å². The normalized spacial score (nSPS) is 17.5. The van der Waals surface area contributed by atoms with Crippen LogP contribution in [-0.2, 0) is 9.59 Å². The number of likely N-dealkylation sites (tertiary alicyclic amines) is 1. The summed E-state index contributed by atoms with van der Waals surface area (Å²) in [5.74, 6) is 0.837. The second-order valence-electron chi connectivity index (χ2n) is 7.73. The van der Waals surface area contributed by atoms with Gasteiger partial charge in [-0.05, 0) is 69.4 Å². The molecule has 2 amide bonds. The highest BCUT2D eigenvalue weighted by Gasteiger charge is 2.20. The summed E-state index contributed by atoms with van der Waals surface area (Å²) in [6.45, 7) is 4.74. The van der Waals surface area contributed by atoms with Gasteiger partial charge in [0, 0.05) is 37.3 Å². The van der Waals surface area contributed by atoms with Crippen molar-refractivity contribution in [3.63, 3.8) is 0 Å². The van der Waals surface area contributed by atoms with E-state index in [9.17, 15) is 9.59 Å². The number of benzene rings is 1. The summed E-state index contributed by atoms with van der Waals surface area (Å²) in [6, 6.07) is 7.36. The number of amides is 2. The molecule has 0 radical (unpaired) electrons. The van der Waals surface area contributed by atoms with Crippen LogP contribution in [-0.4, -0.2) is 49.4 Å². The molecule has 0 spiro atoms. The molecule has 6 heteroatoms. The van der Waals surface area contributed by atoms with Gasteiger partial charge >= 0.3 is 0 Å². The zero-order valence-electron chi connectivity index (χ0n) is 16.1. The van der Waals surface area contributed by atoms with E-state index in [1.807, 2.05) is 24.3 Å². The van der Waals surface area contributed by atoms with Crippen LogP contribution in [0.4, 0.5) is 11.4 Å². The van der Waals surface area contributed by atoms with E-state index in [1.54, 1.807) is 0 Å². The fourth-order valence-electron chi connectivity index (χ4n) is 3.39. The molecule has 6 nitrogen and oxygen atoms in total. The zero-order chi connectivity index (χ0) is 18.9. The summed E-state index contributed by atoms with van der Waals surface area (Å²) < 4.78 is 0. The molecule has 1 heterocycles. The van der Waals surface area contributed by atoms with Gasteiger partial charge < -0.3 is 20.9 Å². The first-order valence-electron chi connectivity index (χ1n) is 10.3. The van der Waals surface area contributed by atoms with E-state index in [4.69, 9.17) is 0 Å². The van der Waals surface area contributed by atoms with Crippen molar-refractivity contribution in [3.05, 3.63) is 24.3 Å². The number of hydrogen-bond donors (Lipinski definition) is 3. The molecule has 1 aliphatic heterocycles. The van der Waals surface area contributed by atoms with Gasteiger partial charge in [0.05, 0.1) is 0 Å². The van der Waals surface area contributed by atoms with Gasteiger partial charge in [-0.15, -0.1) is 0 Å². The highest BCUT2D eigenvalue weighted by atomic mass is 16.2. The average molecular weight is 373 g/mol. The van der Waals surface area contributed by atoms with Crippen molar-refractivity contribution >= 4 is 23.2 Å². The molecule has 0 atom stereocenters. The number of hydrogen-bond acceptors (Lipinski definition) is 4. The van der Waals surface area contributed by atoms with Gasteiger partial charge in [-0.25, -0.2) is 0 Å². The number of carbonyl (C=O) groups excluding carboxylic acids is 2. The summed E-state index contributed by atoms with van der Waals surface area (Å²) in [4.78, 5) is 26.6. The summed E-state index contributed by atoms with van der Waals surface area (Å²) in [7, 11) is 0. The van der Waals surface area contributed by atoms with Crippen molar-refractivity contribution in [2.45, 2.75) is 44.9 Å². The fraction of sp³-hybridized carbons (Fsp3) is 0.619. The Bertz CT molecular complexity index is 624. The van der Waals surface area contributed by atoms with Crippen LogP contribution in [0.5, 0.6) is 0 Å². The Morgan fingerprint density at radius 2 is 1.63 bits per heavy atom. The van der Waals surface area contributed by atoms with Crippen molar-refractivity contribution in [2.75, 3.05) is 43.4 Å². The third-order valence-corrected chi connectivity index (χ3v) is 5.19. The van der Waals surface area contributed by atoms with E-state index in [2.05, 4.69) is 20.9 Å². The molecule has 2 fully saturated rings. The third-order valence-electron chi connectivity index (χ3n) is 5.19. The monoisotopic (exact) mass is 372 g/mol. The maximum atomic E-state index is 12.2. The number of carbonyl (C=O) groups is 2. The maximum Gasteiger partial charge on any atom is 0.225 e. The lowest BCUT2D eigenvalue weighted by Crippen LogP contribution is -2.32. The highest BCUT2D eigenvalue weighted by molar-refractivity contribution is 5.94. The van der Waals surface area contributed by atoms with Crippen molar-refractivity contribution in [1.82, 2.24) is 10.2 Å². The highest BCUT2D eigenvalue weighted by Crippen LogP contribution is 2.27. The second kappa shape index (κ2) is 10.4. The van der Waals surface area contributed by atoms with E-state index in [0.717, 1.165) is 43.5 Å². The van der Waals surface area contributed by atoms with E-state index < -0.39 is 0 Å². The van der Waals surface area contributed by atoms with Crippen molar-refractivity contribution in [2.24, 2.45) is 5.92 Å². The molecule has 2 aliphatic rings. The van der Waals surface area contributed by atoms with Crippen molar-refractivity contribution < 1.29 is 9.59 Å². The molecule has 1 saturated heterocycles. The lowest BCUT2D eigenvalue weighted by atomic mass is 10.1. The van der Waals surface area contributed by atoms with E-state index in [0.29, 0.717) is 19.4 Å². The minimum atomic E-state index is -0.00753. The van der Waals surface area contributed by atoms with Gasteiger partial charge in [-0.3, -0.25) is 9.59 Å². The predicted octanol–water partition coefficient (Wildman–Crippen LogP) is 2.83. The Morgan fingerprint density at radius 1 is 0.963 bits per heavy atom. The SMILES string of the molecule is O=C(CCNCC1CC1)Nc1cccc(NC(=O)CCN2CCCCC2)c1. The molecule has 1 saturated carbocycles.